The fourth-order valence-electron chi connectivity index (χ4n) is 7.94. The van der Waals surface area contributed by atoms with Crippen molar-refractivity contribution in [2.45, 2.75) is 284 Å². The van der Waals surface area contributed by atoms with Crippen LogP contribution in [0.4, 0.5) is 0 Å². The van der Waals surface area contributed by atoms with Crippen LogP contribution in [0.25, 0.3) is 0 Å². The lowest BCUT2D eigenvalue weighted by molar-refractivity contribution is -0.167. The summed E-state index contributed by atoms with van der Waals surface area (Å²) in [6.45, 7) is 6.49. The first-order chi connectivity index (χ1) is 33.0. The highest BCUT2D eigenvalue weighted by molar-refractivity contribution is 5.71. The van der Waals surface area contributed by atoms with E-state index in [0.29, 0.717) is 19.3 Å². The number of hydrogen-bond acceptors (Lipinski definition) is 6. The maximum absolute atomic E-state index is 12.8. The Balaban J connectivity index is 4.46. The molecule has 0 N–H and O–H groups in total. The Morgan fingerprint density at radius 3 is 0.970 bits per heavy atom. The molecule has 0 aromatic carbocycles. The van der Waals surface area contributed by atoms with Gasteiger partial charge in [0.05, 0.1) is 0 Å². The zero-order valence-electron chi connectivity index (χ0n) is 44.2. The molecule has 0 spiro atoms. The molecule has 0 fully saturated rings. The summed E-state index contributed by atoms with van der Waals surface area (Å²) < 4.78 is 16.8. The number of ether oxygens (including phenoxy) is 3. The highest BCUT2D eigenvalue weighted by Gasteiger charge is 2.19. The third-order valence-corrected chi connectivity index (χ3v) is 12.2. The van der Waals surface area contributed by atoms with E-state index in [1.54, 1.807) is 0 Å². The van der Waals surface area contributed by atoms with E-state index in [0.717, 1.165) is 77.0 Å². The third kappa shape index (κ3) is 53.7. The molecule has 0 bridgehead atoms. The van der Waals surface area contributed by atoms with Gasteiger partial charge in [-0.2, -0.15) is 0 Å². The Morgan fingerprint density at radius 2 is 0.597 bits per heavy atom. The predicted octanol–water partition coefficient (Wildman–Crippen LogP) is 19.0. The van der Waals surface area contributed by atoms with Crippen LogP contribution < -0.4 is 0 Å². The van der Waals surface area contributed by atoms with E-state index in [1.165, 1.54) is 154 Å². The Morgan fingerprint density at radius 1 is 0.313 bits per heavy atom. The molecule has 0 amide bonds. The molecule has 0 aliphatic carbocycles. The topological polar surface area (TPSA) is 78.9 Å². The summed E-state index contributed by atoms with van der Waals surface area (Å²) in [5.41, 5.74) is 0. The smallest absolute Gasteiger partial charge is 0.306 e. The van der Waals surface area contributed by atoms with Gasteiger partial charge in [0.25, 0.3) is 0 Å². The van der Waals surface area contributed by atoms with E-state index in [2.05, 4.69) is 93.7 Å². The molecule has 6 nitrogen and oxygen atoms in total. The Labute approximate surface area is 414 Å². The first-order valence-electron chi connectivity index (χ1n) is 28.4. The lowest BCUT2D eigenvalue weighted by Crippen LogP contribution is -2.30. The van der Waals surface area contributed by atoms with Crippen molar-refractivity contribution < 1.29 is 28.6 Å². The number of carbonyl (C=O) groups is 3. The normalized spacial score (nSPS) is 12.6. The maximum Gasteiger partial charge on any atom is 0.306 e. The summed E-state index contributed by atoms with van der Waals surface area (Å²) >= 11 is 0. The second-order valence-electron chi connectivity index (χ2n) is 18.8. The van der Waals surface area contributed by atoms with Crippen LogP contribution in [0.2, 0.25) is 0 Å². The molecule has 0 saturated heterocycles. The second kappa shape index (κ2) is 55.4. The van der Waals surface area contributed by atoms with Gasteiger partial charge >= 0.3 is 17.9 Å². The van der Waals surface area contributed by atoms with Crippen molar-refractivity contribution in [2.24, 2.45) is 0 Å². The van der Waals surface area contributed by atoms with Crippen LogP contribution in [0.5, 0.6) is 0 Å². The van der Waals surface area contributed by atoms with E-state index in [4.69, 9.17) is 14.2 Å². The summed E-state index contributed by atoms with van der Waals surface area (Å²) in [6, 6.07) is 0. The van der Waals surface area contributed by atoms with Gasteiger partial charge in [-0.3, -0.25) is 14.4 Å². The maximum atomic E-state index is 12.8. The molecular weight excluding hydrogens is 829 g/mol. The van der Waals surface area contributed by atoms with Gasteiger partial charge in [0.2, 0.25) is 0 Å². The fourth-order valence-corrected chi connectivity index (χ4v) is 7.94. The van der Waals surface area contributed by atoms with Gasteiger partial charge in [-0.05, 0) is 83.5 Å². The summed E-state index contributed by atoms with van der Waals surface area (Å²) in [5, 5.41) is 0. The number of unbranched alkanes of at least 4 members (excludes halogenated alkanes) is 28. The van der Waals surface area contributed by atoms with Gasteiger partial charge in [0.1, 0.15) is 13.2 Å². The highest BCUT2D eigenvalue weighted by Crippen LogP contribution is 2.16. The van der Waals surface area contributed by atoms with Gasteiger partial charge in [-0.25, -0.2) is 0 Å². The Kier molecular flexibility index (Phi) is 52.8. The quantitative estimate of drug-likeness (QED) is 0.0262. The monoisotopic (exact) mass is 935 g/mol. The zero-order valence-corrected chi connectivity index (χ0v) is 44.2. The molecule has 0 aromatic rings. The Hall–Kier alpha value is -3.15. The first-order valence-corrected chi connectivity index (χ1v) is 28.4. The van der Waals surface area contributed by atoms with Gasteiger partial charge in [0.15, 0.2) is 6.10 Å². The van der Waals surface area contributed by atoms with E-state index in [1.807, 2.05) is 0 Å². The summed E-state index contributed by atoms with van der Waals surface area (Å²) in [7, 11) is 0. The lowest BCUT2D eigenvalue weighted by atomic mass is 10.0. The van der Waals surface area contributed by atoms with E-state index < -0.39 is 6.10 Å². The molecular formula is C61H106O6. The van der Waals surface area contributed by atoms with Gasteiger partial charge in [-0.1, -0.05) is 248 Å². The molecule has 0 aromatic heterocycles. The van der Waals surface area contributed by atoms with Crippen LogP contribution in [0.1, 0.15) is 278 Å². The number of hydrogen-bond donors (Lipinski definition) is 0. The minimum atomic E-state index is -0.805. The predicted molar refractivity (Wildman–Crippen MR) is 288 cm³/mol. The molecule has 0 radical (unpaired) electrons. The van der Waals surface area contributed by atoms with Crippen molar-refractivity contribution >= 4 is 17.9 Å². The molecule has 0 aliphatic heterocycles. The highest BCUT2D eigenvalue weighted by atomic mass is 16.6. The molecule has 6 heteroatoms. The minimum Gasteiger partial charge on any atom is -0.462 e. The molecule has 1 atom stereocenters. The molecule has 0 rings (SSSR count). The average molecular weight is 936 g/mol. The van der Waals surface area contributed by atoms with Crippen LogP contribution in [-0.4, -0.2) is 37.2 Å². The summed E-state index contributed by atoms with van der Waals surface area (Å²) in [4.78, 5) is 38.1. The van der Waals surface area contributed by atoms with Crippen molar-refractivity contribution in [3.8, 4) is 0 Å². The lowest BCUT2D eigenvalue weighted by Gasteiger charge is -2.18. The number of rotatable bonds is 51. The van der Waals surface area contributed by atoms with Crippen molar-refractivity contribution in [3.05, 3.63) is 72.9 Å². The largest absolute Gasteiger partial charge is 0.462 e. The number of allylic oxidation sites excluding steroid dienone is 12. The van der Waals surface area contributed by atoms with E-state index in [9.17, 15) is 14.4 Å². The second-order valence-corrected chi connectivity index (χ2v) is 18.8. The van der Waals surface area contributed by atoms with Crippen LogP contribution in [0.15, 0.2) is 72.9 Å². The summed E-state index contributed by atoms with van der Waals surface area (Å²) in [5.74, 6) is -0.951. The van der Waals surface area contributed by atoms with Crippen LogP contribution in [0.3, 0.4) is 0 Å². The van der Waals surface area contributed by atoms with Crippen molar-refractivity contribution in [1.29, 1.82) is 0 Å². The van der Waals surface area contributed by atoms with Crippen LogP contribution in [-0.2, 0) is 28.6 Å². The molecule has 0 aliphatic rings. The SMILES string of the molecule is CC/C=C\C/C=C\C/C=C\C/C=C\C/C=C\CCCC(=O)O[C@H](COC(=O)CCCCCCCCC/C=C\CCCCCCCC)COC(=O)CCCCCCCCCCCCCCCCC. The number of esters is 3. The standard InChI is InChI=1S/C61H106O6/c1-4-7-10-13-16-19-22-25-28-30-33-36-39-42-45-48-51-54-60(63)66-57-58(56-65-59(62)53-50-47-44-41-38-35-32-27-24-21-18-15-12-9-6-3)67-61(64)55-52-49-46-43-40-37-34-31-29-26-23-20-17-14-11-8-5-2/h8,11,17,20,25-26,28-29,34,37,43,46,58H,4-7,9-10,12-16,18-19,21-24,27,30-33,35-36,38-42,44-45,47-57H2,1-3H3/b11-8-,20-17-,28-25-,29-26-,37-34-,46-43-/t58-/m0/s1. The zero-order chi connectivity index (χ0) is 48.6. The third-order valence-electron chi connectivity index (χ3n) is 12.2. The van der Waals surface area contributed by atoms with Gasteiger partial charge < -0.3 is 14.2 Å². The summed E-state index contributed by atoms with van der Waals surface area (Å²) in [6.07, 6.45) is 70.4. The van der Waals surface area contributed by atoms with Gasteiger partial charge in [0, 0.05) is 19.3 Å². The van der Waals surface area contributed by atoms with E-state index >= 15 is 0 Å². The molecule has 67 heavy (non-hydrogen) atoms. The molecule has 0 heterocycles. The molecule has 386 valence electrons. The van der Waals surface area contributed by atoms with E-state index in [-0.39, 0.29) is 37.5 Å². The first kappa shape index (κ1) is 63.8. The van der Waals surface area contributed by atoms with Crippen molar-refractivity contribution in [2.75, 3.05) is 13.2 Å². The molecule has 0 unspecified atom stereocenters. The van der Waals surface area contributed by atoms with Gasteiger partial charge in [-0.15, -0.1) is 0 Å². The van der Waals surface area contributed by atoms with Crippen LogP contribution in [0, 0.1) is 0 Å². The number of carbonyl (C=O) groups excluding carboxylic acids is 3. The van der Waals surface area contributed by atoms with Crippen LogP contribution >= 0.6 is 0 Å². The fraction of sp³-hybridized carbons (Fsp3) is 0.754. The average Bonchev–Trinajstić information content (AvgIpc) is 3.33. The molecule has 0 saturated carbocycles. The van der Waals surface area contributed by atoms with Crippen molar-refractivity contribution in [3.63, 3.8) is 0 Å². The van der Waals surface area contributed by atoms with Crippen molar-refractivity contribution in [1.82, 2.24) is 0 Å². The Bertz CT molecular complexity index is 1260. The minimum absolute atomic E-state index is 0.0969.